The Morgan fingerprint density at radius 1 is 1.02 bits per heavy atom. The molecule has 4 bridgehead atoms. The van der Waals surface area contributed by atoms with E-state index in [1.165, 1.54) is 29.4 Å². The summed E-state index contributed by atoms with van der Waals surface area (Å²) in [5, 5.41) is 1.02. The molecule has 1 saturated carbocycles. The number of nitrogens with zero attached hydrogens (tertiary/aromatic N) is 4. The third-order valence-corrected chi connectivity index (χ3v) is 11.1. The summed E-state index contributed by atoms with van der Waals surface area (Å²) in [6, 6.07) is 10.5. The first-order valence-corrected chi connectivity index (χ1v) is 16.9. The Bertz CT molecular complexity index is 1620. The van der Waals surface area contributed by atoms with Gasteiger partial charge in [0.1, 0.15) is 6.61 Å². The van der Waals surface area contributed by atoms with Gasteiger partial charge >= 0.3 is 10.2 Å². The minimum atomic E-state index is -4.03. The number of hydrogen-bond acceptors (Lipinski definition) is 6. The van der Waals surface area contributed by atoms with Crippen molar-refractivity contribution in [2.75, 3.05) is 53.4 Å². The number of likely N-dealkylation sites (N-methyl/N-ethyl adjacent to an activating group) is 3. The van der Waals surface area contributed by atoms with Crippen LogP contribution in [0.15, 0.2) is 36.4 Å². The van der Waals surface area contributed by atoms with Crippen LogP contribution in [0.2, 0.25) is 0 Å². The molecule has 0 radical (unpaired) electrons. The molecule has 232 valence electrons. The number of rotatable bonds is 2. The molecule has 6 rings (SSSR count). The number of fused-ring (bicyclic) bond motifs is 4. The number of halogens is 1. The van der Waals surface area contributed by atoms with Gasteiger partial charge < -0.3 is 14.2 Å². The second-order valence-electron chi connectivity index (χ2n) is 12.2. The van der Waals surface area contributed by atoms with Crippen molar-refractivity contribution in [3.63, 3.8) is 0 Å². The van der Waals surface area contributed by atoms with E-state index in [-0.39, 0.29) is 29.7 Å². The summed E-state index contributed by atoms with van der Waals surface area (Å²) in [7, 11) is -0.475. The van der Waals surface area contributed by atoms with Crippen LogP contribution in [0.25, 0.3) is 22.2 Å². The second kappa shape index (κ2) is 12.2. The number of benzene rings is 2. The van der Waals surface area contributed by atoms with Gasteiger partial charge in [0.15, 0.2) is 11.6 Å². The predicted octanol–water partition coefficient (Wildman–Crippen LogP) is 4.43. The maximum atomic E-state index is 15.5. The van der Waals surface area contributed by atoms with E-state index in [4.69, 9.17) is 4.74 Å². The highest BCUT2D eigenvalue weighted by molar-refractivity contribution is 7.87. The van der Waals surface area contributed by atoms with Gasteiger partial charge in [0.2, 0.25) is 0 Å². The smallest absolute Gasteiger partial charge is 0.303 e. The van der Waals surface area contributed by atoms with Crippen LogP contribution in [-0.4, -0.2) is 92.5 Å². The fraction of sp³-hybridized carbons (Fsp3) is 0.531. The van der Waals surface area contributed by atoms with Crippen LogP contribution < -0.4 is 9.46 Å². The number of ether oxygens (including phenoxy) is 1. The lowest BCUT2D eigenvalue weighted by atomic mass is 9.81. The normalized spacial score (nSPS) is 23.1. The quantitative estimate of drug-likeness (QED) is 0.462. The van der Waals surface area contributed by atoms with Gasteiger partial charge in [0, 0.05) is 61.8 Å². The number of amides is 1. The van der Waals surface area contributed by atoms with E-state index in [0.717, 1.165) is 67.5 Å². The Labute approximate surface area is 253 Å². The number of para-hydroxylation sites is 1. The fourth-order valence-corrected chi connectivity index (χ4v) is 7.75. The molecule has 1 amide bonds. The van der Waals surface area contributed by atoms with Crippen LogP contribution in [0, 0.1) is 5.82 Å². The van der Waals surface area contributed by atoms with Crippen molar-refractivity contribution in [2.45, 2.75) is 57.5 Å². The number of hydrogen-bond donors (Lipinski definition) is 1. The molecule has 0 spiro atoms. The molecule has 1 atom stereocenters. The predicted molar refractivity (Wildman–Crippen MR) is 166 cm³/mol. The van der Waals surface area contributed by atoms with E-state index in [1.807, 2.05) is 12.1 Å². The minimum Gasteiger partial charge on any atom is -0.488 e. The van der Waals surface area contributed by atoms with Crippen molar-refractivity contribution < 1.29 is 22.3 Å². The van der Waals surface area contributed by atoms with Gasteiger partial charge in [-0.1, -0.05) is 38.3 Å². The number of carbonyl (C=O) groups is 1. The highest BCUT2D eigenvalue weighted by Gasteiger charge is 2.33. The van der Waals surface area contributed by atoms with Crippen LogP contribution in [0.1, 0.15) is 60.9 Å². The highest BCUT2D eigenvalue weighted by atomic mass is 32.2. The molecular weight excluding hydrogens is 569 g/mol. The largest absolute Gasteiger partial charge is 0.488 e. The lowest BCUT2D eigenvalue weighted by molar-refractivity contribution is 0.0979. The standard InChI is InChI=1S/C32H42FN5O4S/c1-4-37-17-15-35(2)24-20-38-28-19-23(32(39)34-43(40,41)36(3)16-18-37)13-14-25(28)29(22-9-6-5-7-10-22)30(38)26-11-8-12-27(33)31(26)42-21-24/h8,11-14,19,22,24H,4-7,9-10,15-18,20-21H2,1-3H3,(H,34,39). The Morgan fingerprint density at radius 2 is 1.79 bits per heavy atom. The SMILES string of the molecule is CCN1CCN(C)C2COc3c(F)cccc3-c3c(C4CCCCC4)c4ccc(cc4n3C2)C(=O)NS(=O)(=O)N(C)CC1. The van der Waals surface area contributed by atoms with Gasteiger partial charge in [-0.25, -0.2) is 9.11 Å². The fourth-order valence-electron chi connectivity index (χ4n) is 6.92. The first-order valence-electron chi connectivity index (χ1n) is 15.5. The molecule has 1 N–H and O–H groups in total. The van der Waals surface area contributed by atoms with Gasteiger partial charge in [-0.3, -0.25) is 9.69 Å². The average Bonchev–Trinajstić information content (AvgIpc) is 3.30. The topological polar surface area (TPSA) is 87.1 Å². The lowest BCUT2D eigenvalue weighted by Gasteiger charge is -2.34. The zero-order valence-corrected chi connectivity index (χ0v) is 26.1. The van der Waals surface area contributed by atoms with E-state index >= 15 is 4.39 Å². The van der Waals surface area contributed by atoms with Crippen molar-refractivity contribution in [1.82, 2.24) is 23.4 Å². The molecule has 2 aliphatic heterocycles. The lowest BCUT2D eigenvalue weighted by Crippen LogP contribution is -2.47. The molecule has 2 aromatic carbocycles. The Kier molecular flexibility index (Phi) is 8.52. The third kappa shape index (κ3) is 5.80. The van der Waals surface area contributed by atoms with Crippen molar-refractivity contribution >= 4 is 27.0 Å². The van der Waals surface area contributed by atoms with Crippen molar-refractivity contribution in [3.05, 3.63) is 53.3 Å². The van der Waals surface area contributed by atoms with Crippen LogP contribution >= 0.6 is 0 Å². The van der Waals surface area contributed by atoms with E-state index in [1.54, 1.807) is 18.2 Å². The Balaban J connectivity index is 1.58. The minimum absolute atomic E-state index is 0.0616. The molecular formula is C32H42FN5O4S. The second-order valence-corrected chi connectivity index (χ2v) is 14.0. The van der Waals surface area contributed by atoms with Gasteiger partial charge in [-0.05, 0) is 62.2 Å². The number of aromatic nitrogens is 1. The summed E-state index contributed by atoms with van der Waals surface area (Å²) in [5.41, 5.74) is 3.95. The first kappa shape index (κ1) is 30.1. The molecule has 43 heavy (non-hydrogen) atoms. The molecule has 9 nitrogen and oxygen atoms in total. The molecule has 1 fully saturated rings. The van der Waals surface area contributed by atoms with Crippen LogP contribution in [0.4, 0.5) is 4.39 Å². The van der Waals surface area contributed by atoms with Crippen molar-refractivity contribution in [1.29, 1.82) is 0 Å². The van der Waals surface area contributed by atoms with Crippen molar-refractivity contribution in [2.24, 2.45) is 0 Å². The average molecular weight is 612 g/mol. The highest BCUT2D eigenvalue weighted by Crippen LogP contribution is 2.47. The molecule has 3 heterocycles. The summed E-state index contributed by atoms with van der Waals surface area (Å²) >= 11 is 0. The molecule has 1 aromatic heterocycles. The van der Waals surface area contributed by atoms with Crippen molar-refractivity contribution in [3.8, 4) is 17.0 Å². The Morgan fingerprint density at radius 3 is 2.56 bits per heavy atom. The zero-order chi connectivity index (χ0) is 30.3. The molecule has 11 heteroatoms. The van der Waals surface area contributed by atoms with Gasteiger partial charge in [0.25, 0.3) is 5.91 Å². The first-order chi connectivity index (χ1) is 20.7. The number of nitrogens with one attached hydrogen (secondary N) is 1. The van der Waals surface area contributed by atoms with E-state index in [0.29, 0.717) is 25.6 Å². The van der Waals surface area contributed by atoms with E-state index in [9.17, 15) is 13.2 Å². The van der Waals surface area contributed by atoms with E-state index < -0.39 is 16.1 Å². The summed E-state index contributed by atoms with van der Waals surface area (Å²) in [5.74, 6) is -0.503. The summed E-state index contributed by atoms with van der Waals surface area (Å²) in [6.45, 7) is 5.94. The molecule has 3 aliphatic rings. The molecule has 1 unspecified atom stereocenters. The third-order valence-electron chi connectivity index (χ3n) is 9.62. The van der Waals surface area contributed by atoms with Gasteiger partial charge in [-0.2, -0.15) is 12.7 Å². The van der Waals surface area contributed by atoms with E-state index in [2.05, 4.69) is 33.1 Å². The van der Waals surface area contributed by atoms with Gasteiger partial charge in [-0.15, -0.1) is 0 Å². The zero-order valence-electron chi connectivity index (χ0n) is 25.3. The maximum absolute atomic E-state index is 15.5. The summed E-state index contributed by atoms with van der Waals surface area (Å²) in [6.07, 6.45) is 5.55. The number of carbonyl (C=O) groups excluding carboxylic acids is 1. The molecule has 1 aliphatic carbocycles. The maximum Gasteiger partial charge on any atom is 0.303 e. The van der Waals surface area contributed by atoms with Gasteiger partial charge in [0.05, 0.1) is 11.7 Å². The summed E-state index contributed by atoms with van der Waals surface area (Å²) in [4.78, 5) is 17.9. The molecule has 3 aromatic rings. The van der Waals surface area contributed by atoms with Crippen LogP contribution in [0.3, 0.4) is 0 Å². The Hall–Kier alpha value is -2.99. The molecule has 0 saturated heterocycles. The summed E-state index contributed by atoms with van der Waals surface area (Å²) < 4.78 is 53.7. The van der Waals surface area contributed by atoms with Crippen LogP contribution in [0.5, 0.6) is 5.75 Å². The van der Waals surface area contributed by atoms with Crippen LogP contribution in [-0.2, 0) is 16.8 Å². The monoisotopic (exact) mass is 611 g/mol.